The number of methoxy groups -OCH3 is 1. The van der Waals surface area contributed by atoms with Gasteiger partial charge in [0.1, 0.15) is 21.2 Å². The minimum absolute atomic E-state index is 0.0757. The molecule has 0 atom stereocenters. The van der Waals surface area contributed by atoms with Crippen molar-refractivity contribution in [3.8, 4) is 17.2 Å². The predicted octanol–water partition coefficient (Wildman–Crippen LogP) is 6.14. The van der Waals surface area contributed by atoms with Crippen LogP contribution in [0.5, 0.6) is 17.2 Å². The highest BCUT2D eigenvalue weighted by atomic mass is 35.5. The zero-order chi connectivity index (χ0) is 23.6. The highest BCUT2D eigenvalue weighted by Crippen LogP contribution is 2.38. The predicted molar refractivity (Wildman–Crippen MR) is 126 cm³/mol. The number of fused-ring (bicyclic) bond motifs is 1. The fraction of sp³-hybridized carbons (Fsp3) is 0.0417. The van der Waals surface area contributed by atoms with Crippen LogP contribution in [0.25, 0.3) is 10.8 Å². The summed E-state index contributed by atoms with van der Waals surface area (Å²) < 4.78 is 41.8. The Balaban J connectivity index is 1.64. The Labute approximate surface area is 200 Å². The van der Waals surface area contributed by atoms with Crippen molar-refractivity contribution in [3.05, 3.63) is 94.5 Å². The van der Waals surface area contributed by atoms with Gasteiger partial charge in [0.25, 0.3) is 0 Å². The summed E-state index contributed by atoms with van der Waals surface area (Å²) in [6.45, 7) is 0. The van der Waals surface area contributed by atoms with Crippen molar-refractivity contribution >= 4 is 50.1 Å². The second-order valence-electron chi connectivity index (χ2n) is 6.82. The molecule has 0 unspecified atom stereocenters. The van der Waals surface area contributed by atoms with Gasteiger partial charge in [-0.15, -0.1) is 0 Å². The molecule has 0 aliphatic rings. The standard InChI is InChI=1S/C24H16Cl2O6S/c1-30-23-21(13-12-19(25)22(23)26)33(28,29)32-20-9-5-4-8-18(20)24(27)31-17-11-10-15-6-2-3-7-16(15)14-17/h2-14H,1H3. The third kappa shape index (κ3) is 4.75. The van der Waals surface area contributed by atoms with Crippen LogP contribution < -0.4 is 13.7 Å². The van der Waals surface area contributed by atoms with Gasteiger partial charge in [0, 0.05) is 0 Å². The topological polar surface area (TPSA) is 78.9 Å². The molecule has 0 amide bonds. The number of ether oxygens (including phenoxy) is 2. The van der Waals surface area contributed by atoms with Crippen molar-refractivity contribution in [1.29, 1.82) is 0 Å². The lowest BCUT2D eigenvalue weighted by molar-refractivity contribution is 0.0733. The molecule has 33 heavy (non-hydrogen) atoms. The van der Waals surface area contributed by atoms with Crippen LogP contribution in [0, 0.1) is 0 Å². The lowest BCUT2D eigenvalue weighted by atomic mass is 10.1. The molecule has 0 heterocycles. The zero-order valence-corrected chi connectivity index (χ0v) is 19.4. The van der Waals surface area contributed by atoms with Crippen molar-refractivity contribution in [3.63, 3.8) is 0 Å². The highest BCUT2D eigenvalue weighted by molar-refractivity contribution is 7.87. The smallest absolute Gasteiger partial charge is 0.347 e. The lowest BCUT2D eigenvalue weighted by Crippen LogP contribution is -2.15. The summed E-state index contributed by atoms with van der Waals surface area (Å²) in [5.74, 6) is -0.850. The van der Waals surface area contributed by atoms with Crippen molar-refractivity contribution in [1.82, 2.24) is 0 Å². The molecule has 0 spiro atoms. The second kappa shape index (κ2) is 9.31. The molecule has 4 aromatic rings. The summed E-state index contributed by atoms with van der Waals surface area (Å²) in [7, 11) is -3.17. The maximum absolute atomic E-state index is 13.0. The Morgan fingerprint density at radius 3 is 2.30 bits per heavy atom. The summed E-state index contributed by atoms with van der Waals surface area (Å²) in [6, 6.07) is 21.2. The van der Waals surface area contributed by atoms with Gasteiger partial charge in [-0.25, -0.2) is 4.79 Å². The summed E-state index contributed by atoms with van der Waals surface area (Å²) in [5.41, 5.74) is -0.0757. The minimum Gasteiger partial charge on any atom is -0.494 e. The van der Waals surface area contributed by atoms with E-state index in [9.17, 15) is 13.2 Å². The number of benzene rings is 4. The molecular weight excluding hydrogens is 487 g/mol. The zero-order valence-electron chi connectivity index (χ0n) is 17.1. The molecule has 0 radical (unpaired) electrons. The van der Waals surface area contributed by atoms with Crippen LogP contribution in [-0.4, -0.2) is 21.5 Å². The first kappa shape index (κ1) is 22.9. The third-order valence-corrected chi connectivity index (χ3v) is 6.77. The van der Waals surface area contributed by atoms with Crippen LogP contribution in [0.2, 0.25) is 10.0 Å². The van der Waals surface area contributed by atoms with Gasteiger partial charge >= 0.3 is 16.1 Å². The first-order chi connectivity index (χ1) is 15.8. The van der Waals surface area contributed by atoms with Crippen LogP contribution >= 0.6 is 23.2 Å². The summed E-state index contributed by atoms with van der Waals surface area (Å²) in [4.78, 5) is 12.5. The largest absolute Gasteiger partial charge is 0.494 e. The normalized spacial score (nSPS) is 11.2. The summed E-state index contributed by atoms with van der Waals surface area (Å²) >= 11 is 12.0. The van der Waals surface area contributed by atoms with E-state index in [4.69, 9.17) is 36.9 Å². The Morgan fingerprint density at radius 1 is 0.848 bits per heavy atom. The number of hydrogen-bond donors (Lipinski definition) is 0. The minimum atomic E-state index is -4.43. The van der Waals surface area contributed by atoms with Crippen LogP contribution in [0.4, 0.5) is 0 Å². The van der Waals surface area contributed by atoms with Crippen molar-refractivity contribution in [2.45, 2.75) is 4.90 Å². The number of hydrogen-bond acceptors (Lipinski definition) is 6. The highest BCUT2D eigenvalue weighted by Gasteiger charge is 2.27. The Bertz CT molecular complexity index is 1470. The van der Waals surface area contributed by atoms with E-state index in [1.165, 1.54) is 37.4 Å². The number of carbonyl (C=O) groups excluding carboxylic acids is 1. The SMILES string of the molecule is COc1c(S(=O)(=O)Oc2ccccc2C(=O)Oc2ccc3ccccc3c2)ccc(Cl)c1Cl. The number of halogens is 2. The first-order valence-corrected chi connectivity index (χ1v) is 11.7. The van der Waals surface area contributed by atoms with E-state index in [0.29, 0.717) is 5.75 Å². The molecule has 0 bridgehead atoms. The van der Waals surface area contributed by atoms with Gasteiger partial charge in [0.05, 0.1) is 12.1 Å². The van der Waals surface area contributed by atoms with E-state index >= 15 is 0 Å². The quantitative estimate of drug-likeness (QED) is 0.179. The van der Waals surface area contributed by atoms with E-state index in [2.05, 4.69) is 0 Å². The maximum Gasteiger partial charge on any atom is 0.347 e. The van der Waals surface area contributed by atoms with Crippen molar-refractivity contribution in [2.24, 2.45) is 0 Å². The fourth-order valence-electron chi connectivity index (χ4n) is 3.17. The average Bonchev–Trinajstić information content (AvgIpc) is 2.80. The van der Waals surface area contributed by atoms with Gasteiger partial charge in [-0.3, -0.25) is 0 Å². The third-order valence-electron chi connectivity index (χ3n) is 4.73. The van der Waals surface area contributed by atoms with Crippen LogP contribution in [-0.2, 0) is 10.1 Å². The maximum atomic E-state index is 13.0. The van der Waals surface area contributed by atoms with E-state index in [-0.39, 0.29) is 32.0 Å². The van der Waals surface area contributed by atoms with E-state index in [1.54, 1.807) is 18.2 Å². The number of rotatable bonds is 6. The van der Waals surface area contributed by atoms with Gasteiger partial charge in [0.15, 0.2) is 11.5 Å². The molecule has 168 valence electrons. The molecule has 0 aliphatic carbocycles. The van der Waals surface area contributed by atoms with Crippen LogP contribution in [0.3, 0.4) is 0 Å². The molecule has 9 heteroatoms. The Hall–Kier alpha value is -3.26. The van der Waals surface area contributed by atoms with Gasteiger partial charge < -0.3 is 13.7 Å². The second-order valence-corrected chi connectivity index (χ2v) is 9.12. The van der Waals surface area contributed by atoms with E-state index in [0.717, 1.165) is 10.8 Å². The Morgan fingerprint density at radius 2 is 1.55 bits per heavy atom. The number of esters is 1. The average molecular weight is 503 g/mol. The number of para-hydroxylation sites is 1. The summed E-state index contributed by atoms with van der Waals surface area (Å²) in [6.07, 6.45) is 0. The molecule has 0 saturated carbocycles. The molecular formula is C24H16Cl2O6S. The fourth-order valence-corrected chi connectivity index (χ4v) is 4.73. The van der Waals surface area contributed by atoms with Crippen LogP contribution in [0.1, 0.15) is 10.4 Å². The van der Waals surface area contributed by atoms with E-state index < -0.39 is 16.1 Å². The van der Waals surface area contributed by atoms with Crippen molar-refractivity contribution < 1.29 is 26.9 Å². The first-order valence-electron chi connectivity index (χ1n) is 9.56. The van der Waals surface area contributed by atoms with Gasteiger partial charge in [-0.1, -0.05) is 65.7 Å². The van der Waals surface area contributed by atoms with Gasteiger partial charge in [-0.2, -0.15) is 8.42 Å². The lowest BCUT2D eigenvalue weighted by Gasteiger charge is -2.14. The van der Waals surface area contributed by atoms with Gasteiger partial charge in [-0.05, 0) is 47.2 Å². The monoisotopic (exact) mass is 502 g/mol. The van der Waals surface area contributed by atoms with Crippen LogP contribution in [0.15, 0.2) is 83.8 Å². The van der Waals surface area contributed by atoms with Crippen molar-refractivity contribution in [2.75, 3.05) is 7.11 Å². The molecule has 0 aromatic heterocycles. The van der Waals surface area contributed by atoms with Gasteiger partial charge in [0.2, 0.25) is 0 Å². The number of carbonyl (C=O) groups is 1. The Kier molecular flexibility index (Phi) is 6.47. The molecule has 4 rings (SSSR count). The molecule has 6 nitrogen and oxygen atoms in total. The molecule has 0 N–H and O–H groups in total. The molecule has 4 aromatic carbocycles. The molecule has 0 saturated heterocycles. The molecule has 0 fully saturated rings. The molecule has 0 aliphatic heterocycles. The summed E-state index contributed by atoms with van der Waals surface area (Å²) in [5, 5.41) is 1.92. The van der Waals surface area contributed by atoms with E-state index in [1.807, 2.05) is 30.3 Å².